The van der Waals surface area contributed by atoms with Crippen molar-refractivity contribution >= 4 is 11.2 Å². The SMILES string of the molecule is Cc1nc2ncnc(-c3ccc(F)cc3F)c2nc1OC(F)F.c1nn(C2CC2)cc1C1CCCCO1. The summed E-state index contributed by atoms with van der Waals surface area (Å²) in [6, 6.07) is 3.58. The lowest BCUT2D eigenvalue weighted by Gasteiger charge is -2.21. The molecule has 37 heavy (non-hydrogen) atoms. The Morgan fingerprint density at radius 3 is 2.62 bits per heavy atom. The van der Waals surface area contributed by atoms with Crippen LogP contribution in [0.1, 0.15) is 55.5 Å². The van der Waals surface area contributed by atoms with Crippen molar-refractivity contribution in [3.63, 3.8) is 0 Å². The van der Waals surface area contributed by atoms with Crippen LogP contribution in [0.25, 0.3) is 22.4 Å². The van der Waals surface area contributed by atoms with Crippen LogP contribution < -0.4 is 4.74 Å². The topological polar surface area (TPSA) is 87.8 Å². The van der Waals surface area contributed by atoms with Gasteiger partial charge in [-0.2, -0.15) is 13.9 Å². The molecular weight excluding hydrogens is 492 g/mol. The summed E-state index contributed by atoms with van der Waals surface area (Å²) in [6.07, 6.45) is 11.9. The second-order valence-electron chi connectivity index (χ2n) is 8.85. The van der Waals surface area contributed by atoms with Crippen molar-refractivity contribution in [1.82, 2.24) is 29.7 Å². The van der Waals surface area contributed by atoms with E-state index in [1.54, 1.807) is 0 Å². The number of alkyl halides is 2. The van der Waals surface area contributed by atoms with Crippen LogP contribution >= 0.6 is 0 Å². The molecule has 0 N–H and O–H groups in total. The summed E-state index contributed by atoms with van der Waals surface area (Å²) < 4.78 is 63.9. The summed E-state index contributed by atoms with van der Waals surface area (Å²) in [4.78, 5) is 15.7. The van der Waals surface area contributed by atoms with Gasteiger partial charge in [-0.25, -0.2) is 28.7 Å². The molecule has 4 heterocycles. The number of rotatable bonds is 5. The predicted octanol–water partition coefficient (Wildman–Crippen LogP) is 5.73. The molecular formula is C25H24F4N6O2. The van der Waals surface area contributed by atoms with Crippen molar-refractivity contribution in [3.8, 4) is 17.1 Å². The zero-order chi connectivity index (χ0) is 25.9. The summed E-state index contributed by atoms with van der Waals surface area (Å²) >= 11 is 0. The fourth-order valence-corrected chi connectivity index (χ4v) is 4.08. The number of halogens is 4. The summed E-state index contributed by atoms with van der Waals surface area (Å²) in [5.74, 6) is -2.04. The van der Waals surface area contributed by atoms with Gasteiger partial charge in [0.25, 0.3) is 0 Å². The van der Waals surface area contributed by atoms with E-state index < -0.39 is 24.1 Å². The number of ether oxygens (including phenoxy) is 2. The molecule has 12 heteroatoms. The standard InChI is InChI=1S/C14H8F4N4O.C11H16N2O/c1-6-13(23-14(17)18)22-11-10(19-5-20-12(11)21-6)8-3-2-7(15)4-9(8)16;1-2-6-14-11(3-1)9-7-12-13(8-9)10-4-5-10/h2-5,14H,1H3;7-8,10-11H,1-6H2. The molecule has 1 aliphatic heterocycles. The molecule has 1 atom stereocenters. The number of fused-ring (bicyclic) bond motifs is 1. The molecule has 1 aliphatic carbocycles. The zero-order valence-corrected chi connectivity index (χ0v) is 20.0. The van der Waals surface area contributed by atoms with Gasteiger partial charge in [0.15, 0.2) is 5.65 Å². The van der Waals surface area contributed by atoms with Gasteiger partial charge in [-0.15, -0.1) is 0 Å². The fraction of sp³-hybridized carbons (Fsp3) is 0.400. The van der Waals surface area contributed by atoms with Crippen molar-refractivity contribution < 1.29 is 27.0 Å². The molecule has 0 bridgehead atoms. The van der Waals surface area contributed by atoms with Crippen molar-refractivity contribution in [2.24, 2.45) is 0 Å². The van der Waals surface area contributed by atoms with E-state index in [1.165, 1.54) is 44.2 Å². The molecule has 1 saturated heterocycles. The monoisotopic (exact) mass is 516 g/mol. The summed E-state index contributed by atoms with van der Waals surface area (Å²) in [6.45, 7) is -0.750. The van der Waals surface area contributed by atoms with Crippen molar-refractivity contribution in [2.75, 3.05) is 6.61 Å². The van der Waals surface area contributed by atoms with Crippen molar-refractivity contribution in [2.45, 2.75) is 57.8 Å². The molecule has 194 valence electrons. The number of aryl methyl sites for hydroxylation is 1. The average molecular weight is 516 g/mol. The highest BCUT2D eigenvalue weighted by molar-refractivity contribution is 5.87. The van der Waals surface area contributed by atoms with Gasteiger partial charge in [-0.1, -0.05) is 0 Å². The lowest BCUT2D eigenvalue weighted by molar-refractivity contribution is -0.0534. The lowest BCUT2D eigenvalue weighted by atomic mass is 10.0. The van der Waals surface area contributed by atoms with E-state index in [1.807, 2.05) is 6.20 Å². The minimum Gasteiger partial charge on any atom is -0.415 e. The van der Waals surface area contributed by atoms with Crippen LogP contribution in [0.3, 0.4) is 0 Å². The highest BCUT2D eigenvalue weighted by Gasteiger charge is 2.26. The third-order valence-electron chi connectivity index (χ3n) is 6.08. The van der Waals surface area contributed by atoms with Crippen LogP contribution in [-0.4, -0.2) is 42.9 Å². The molecule has 0 spiro atoms. The van der Waals surface area contributed by atoms with Gasteiger partial charge in [0.2, 0.25) is 5.88 Å². The molecule has 1 saturated carbocycles. The highest BCUT2D eigenvalue weighted by Crippen LogP contribution is 2.36. The Morgan fingerprint density at radius 2 is 1.92 bits per heavy atom. The van der Waals surface area contributed by atoms with Gasteiger partial charge in [-0.05, 0) is 51.2 Å². The predicted molar refractivity (Wildman–Crippen MR) is 125 cm³/mol. The maximum Gasteiger partial charge on any atom is 0.388 e. The summed E-state index contributed by atoms with van der Waals surface area (Å²) in [7, 11) is 0. The summed E-state index contributed by atoms with van der Waals surface area (Å²) in [5, 5.41) is 4.39. The van der Waals surface area contributed by atoms with E-state index in [0.29, 0.717) is 18.2 Å². The first kappa shape index (κ1) is 25.0. The third-order valence-corrected chi connectivity index (χ3v) is 6.08. The zero-order valence-electron chi connectivity index (χ0n) is 20.0. The van der Waals surface area contributed by atoms with E-state index in [9.17, 15) is 17.6 Å². The van der Waals surface area contributed by atoms with Gasteiger partial charge >= 0.3 is 6.61 Å². The number of hydrogen-bond acceptors (Lipinski definition) is 7. The van der Waals surface area contributed by atoms with Gasteiger partial charge < -0.3 is 9.47 Å². The van der Waals surface area contributed by atoms with E-state index in [-0.39, 0.29) is 28.1 Å². The number of aromatic nitrogens is 6. The van der Waals surface area contributed by atoms with Crippen LogP contribution in [0.15, 0.2) is 36.9 Å². The number of nitrogens with zero attached hydrogens (tertiary/aromatic N) is 6. The normalized spacial score (nSPS) is 17.5. The fourth-order valence-electron chi connectivity index (χ4n) is 4.08. The minimum absolute atomic E-state index is 0.000818. The van der Waals surface area contributed by atoms with Gasteiger partial charge in [0, 0.05) is 30.0 Å². The van der Waals surface area contributed by atoms with E-state index in [2.05, 4.69) is 40.7 Å². The Labute approximate surface area is 209 Å². The molecule has 1 aromatic carbocycles. The molecule has 2 aliphatic rings. The van der Waals surface area contributed by atoms with Gasteiger partial charge in [-0.3, -0.25) is 4.68 Å². The van der Waals surface area contributed by atoms with Crippen LogP contribution in [0.2, 0.25) is 0 Å². The second-order valence-corrected chi connectivity index (χ2v) is 8.85. The Morgan fingerprint density at radius 1 is 1.08 bits per heavy atom. The van der Waals surface area contributed by atoms with Crippen molar-refractivity contribution in [1.29, 1.82) is 0 Å². The molecule has 3 aromatic heterocycles. The van der Waals surface area contributed by atoms with Crippen LogP contribution in [0, 0.1) is 18.6 Å². The first-order chi connectivity index (χ1) is 17.9. The molecule has 8 nitrogen and oxygen atoms in total. The molecule has 0 radical (unpaired) electrons. The van der Waals surface area contributed by atoms with E-state index >= 15 is 0 Å². The highest BCUT2D eigenvalue weighted by atomic mass is 19.3. The summed E-state index contributed by atoms with van der Waals surface area (Å²) in [5.41, 5.74) is 1.37. The Bertz CT molecular complexity index is 1390. The first-order valence-electron chi connectivity index (χ1n) is 11.9. The van der Waals surface area contributed by atoms with Crippen LogP contribution in [0.5, 0.6) is 5.88 Å². The Balaban J connectivity index is 0.000000170. The number of benzene rings is 1. The Hall–Kier alpha value is -3.67. The van der Waals surface area contributed by atoms with E-state index in [0.717, 1.165) is 25.4 Å². The van der Waals surface area contributed by atoms with Gasteiger partial charge in [0.05, 0.1) is 18.3 Å². The molecule has 2 fully saturated rings. The van der Waals surface area contributed by atoms with Crippen LogP contribution in [-0.2, 0) is 4.74 Å². The first-order valence-corrected chi connectivity index (χ1v) is 11.9. The molecule has 4 aromatic rings. The van der Waals surface area contributed by atoms with E-state index in [4.69, 9.17) is 4.74 Å². The number of hydrogen-bond donors (Lipinski definition) is 0. The minimum atomic E-state index is -3.09. The maximum atomic E-state index is 14.0. The third kappa shape index (κ3) is 5.85. The smallest absolute Gasteiger partial charge is 0.388 e. The quantitative estimate of drug-likeness (QED) is 0.313. The molecule has 6 rings (SSSR count). The molecule has 1 unspecified atom stereocenters. The lowest BCUT2D eigenvalue weighted by Crippen LogP contribution is -2.10. The second kappa shape index (κ2) is 10.8. The molecule has 0 amide bonds. The van der Waals surface area contributed by atoms with Gasteiger partial charge in [0.1, 0.15) is 34.9 Å². The largest absolute Gasteiger partial charge is 0.415 e. The average Bonchev–Trinajstić information content (AvgIpc) is 3.61. The van der Waals surface area contributed by atoms with Crippen molar-refractivity contribution in [3.05, 3.63) is 59.8 Å². The maximum absolute atomic E-state index is 14.0. The van der Waals surface area contributed by atoms with Crippen LogP contribution in [0.4, 0.5) is 17.6 Å². The Kier molecular flexibility index (Phi) is 7.26.